The predicted octanol–water partition coefficient (Wildman–Crippen LogP) is 1.32. The van der Waals surface area contributed by atoms with Gasteiger partial charge in [0.05, 0.1) is 0 Å². The Hall–Kier alpha value is -1.13. The molecule has 1 fully saturated rings. The van der Waals surface area contributed by atoms with Crippen molar-refractivity contribution in [3.63, 3.8) is 0 Å². The van der Waals surface area contributed by atoms with Gasteiger partial charge in [-0.05, 0) is 31.5 Å². The lowest BCUT2D eigenvalue weighted by Gasteiger charge is -2.32. The molecule has 1 unspecified atom stereocenters. The summed E-state index contributed by atoms with van der Waals surface area (Å²) in [4.78, 5) is 0. The molecule has 2 rings (SSSR count). The van der Waals surface area contributed by atoms with E-state index in [-0.39, 0.29) is 12.4 Å². The lowest BCUT2D eigenvalue weighted by Crippen LogP contribution is -2.49. The number of benzene rings is 1. The third-order valence-electron chi connectivity index (χ3n) is 2.75. The smallest absolute Gasteiger partial charge is 0.126 e. The molecule has 16 heavy (non-hydrogen) atoms. The van der Waals surface area contributed by atoms with Crippen LogP contribution in [-0.4, -0.2) is 30.4 Å². The summed E-state index contributed by atoms with van der Waals surface area (Å²) < 4.78 is 18.3. The zero-order chi connectivity index (χ0) is 11.4. The first-order valence-electron chi connectivity index (χ1n) is 5.49. The first kappa shape index (κ1) is 11.4. The van der Waals surface area contributed by atoms with Crippen LogP contribution in [0.25, 0.3) is 0 Å². The fourth-order valence-corrected chi connectivity index (χ4v) is 1.85. The van der Waals surface area contributed by atoms with E-state index >= 15 is 0 Å². The summed E-state index contributed by atoms with van der Waals surface area (Å²) in [5.74, 6) is 0.130. The molecule has 1 aromatic carbocycles. The zero-order valence-electron chi connectivity index (χ0n) is 9.08. The van der Waals surface area contributed by atoms with Crippen LogP contribution >= 0.6 is 0 Å². The minimum Gasteiger partial charge on any atom is -0.490 e. The molecule has 2 N–H and O–H groups in total. The van der Waals surface area contributed by atoms with E-state index in [1.54, 1.807) is 12.1 Å². The molecule has 0 aromatic heterocycles. The average Bonchev–Trinajstić information content (AvgIpc) is 2.28. The number of hydrogen-bond donors (Lipinski definition) is 2. The minimum atomic E-state index is -0.829. The van der Waals surface area contributed by atoms with Gasteiger partial charge >= 0.3 is 0 Å². The molecule has 0 saturated carbocycles. The van der Waals surface area contributed by atoms with Crippen molar-refractivity contribution in [3.8, 4) is 5.75 Å². The van der Waals surface area contributed by atoms with Crippen molar-refractivity contribution in [2.45, 2.75) is 18.4 Å². The van der Waals surface area contributed by atoms with E-state index in [1.807, 2.05) is 0 Å². The molecule has 88 valence electrons. The SMILES string of the molecule is OC1(COc2cccc(F)c2)CCCNC1. The van der Waals surface area contributed by atoms with E-state index in [4.69, 9.17) is 4.74 Å². The monoisotopic (exact) mass is 225 g/mol. The summed E-state index contributed by atoms with van der Waals surface area (Å²) in [5, 5.41) is 13.2. The number of piperidine rings is 1. The highest BCUT2D eigenvalue weighted by atomic mass is 19.1. The summed E-state index contributed by atoms with van der Waals surface area (Å²) in [6, 6.07) is 5.96. The van der Waals surface area contributed by atoms with E-state index in [9.17, 15) is 9.50 Å². The first-order valence-corrected chi connectivity index (χ1v) is 5.49. The Bertz CT molecular complexity index is 351. The summed E-state index contributed by atoms with van der Waals surface area (Å²) >= 11 is 0. The Balaban J connectivity index is 1.91. The van der Waals surface area contributed by atoms with E-state index in [0.29, 0.717) is 12.3 Å². The fraction of sp³-hybridized carbons (Fsp3) is 0.500. The minimum absolute atomic E-state index is 0.198. The van der Waals surface area contributed by atoms with Gasteiger partial charge in [0, 0.05) is 12.6 Å². The van der Waals surface area contributed by atoms with Gasteiger partial charge < -0.3 is 15.2 Å². The number of halogens is 1. The number of ether oxygens (including phenoxy) is 1. The molecule has 1 aliphatic rings. The van der Waals surface area contributed by atoms with Crippen molar-refractivity contribution in [1.29, 1.82) is 0 Å². The molecule has 1 aromatic rings. The molecule has 4 heteroatoms. The second kappa shape index (κ2) is 4.80. The molecular weight excluding hydrogens is 209 g/mol. The third-order valence-corrected chi connectivity index (χ3v) is 2.75. The lowest BCUT2D eigenvalue weighted by atomic mass is 9.95. The highest BCUT2D eigenvalue weighted by Crippen LogP contribution is 2.19. The van der Waals surface area contributed by atoms with Crippen LogP contribution in [0.2, 0.25) is 0 Å². The Morgan fingerprint density at radius 1 is 1.50 bits per heavy atom. The van der Waals surface area contributed by atoms with Gasteiger partial charge in [-0.15, -0.1) is 0 Å². The maximum absolute atomic E-state index is 12.9. The molecule has 1 atom stereocenters. The number of nitrogens with one attached hydrogen (secondary N) is 1. The highest BCUT2D eigenvalue weighted by Gasteiger charge is 2.29. The van der Waals surface area contributed by atoms with E-state index in [0.717, 1.165) is 19.4 Å². The molecule has 0 spiro atoms. The van der Waals surface area contributed by atoms with Crippen LogP contribution in [0.5, 0.6) is 5.75 Å². The zero-order valence-corrected chi connectivity index (χ0v) is 9.08. The first-order chi connectivity index (χ1) is 7.68. The van der Waals surface area contributed by atoms with Gasteiger partial charge in [-0.3, -0.25) is 0 Å². The van der Waals surface area contributed by atoms with Crippen molar-refractivity contribution < 1.29 is 14.2 Å². The maximum atomic E-state index is 12.9. The molecule has 0 bridgehead atoms. The molecule has 1 saturated heterocycles. The molecule has 0 amide bonds. The van der Waals surface area contributed by atoms with Gasteiger partial charge in [-0.1, -0.05) is 6.07 Å². The number of hydrogen-bond acceptors (Lipinski definition) is 3. The van der Waals surface area contributed by atoms with E-state index < -0.39 is 5.60 Å². The van der Waals surface area contributed by atoms with Crippen molar-refractivity contribution in [3.05, 3.63) is 30.1 Å². The fourth-order valence-electron chi connectivity index (χ4n) is 1.85. The van der Waals surface area contributed by atoms with Gasteiger partial charge in [-0.2, -0.15) is 0 Å². The van der Waals surface area contributed by atoms with Crippen molar-refractivity contribution in [2.75, 3.05) is 19.7 Å². The second-order valence-corrected chi connectivity index (χ2v) is 4.25. The Kier molecular flexibility index (Phi) is 3.41. The Morgan fingerprint density at radius 2 is 2.38 bits per heavy atom. The van der Waals surface area contributed by atoms with Gasteiger partial charge in [0.25, 0.3) is 0 Å². The molecule has 3 nitrogen and oxygen atoms in total. The third kappa shape index (κ3) is 2.93. The van der Waals surface area contributed by atoms with Crippen LogP contribution in [0, 0.1) is 5.82 Å². The highest BCUT2D eigenvalue weighted by molar-refractivity contribution is 5.22. The number of β-amino-alcohol motifs (C(OH)–C–C–N with tert-alkyl or cyclic N) is 1. The molecular formula is C12H16FNO2. The van der Waals surface area contributed by atoms with Crippen LogP contribution in [-0.2, 0) is 0 Å². The predicted molar refractivity (Wildman–Crippen MR) is 58.9 cm³/mol. The van der Waals surface area contributed by atoms with Crippen LogP contribution in [0.15, 0.2) is 24.3 Å². The van der Waals surface area contributed by atoms with Gasteiger partial charge in [0.2, 0.25) is 0 Å². The van der Waals surface area contributed by atoms with Gasteiger partial charge in [0.15, 0.2) is 0 Å². The average molecular weight is 225 g/mol. The normalized spacial score (nSPS) is 25.4. The standard InChI is InChI=1S/C12H16FNO2/c13-10-3-1-4-11(7-10)16-9-12(15)5-2-6-14-8-12/h1,3-4,7,14-15H,2,5-6,8-9H2. The Morgan fingerprint density at radius 3 is 3.06 bits per heavy atom. The Labute approximate surface area is 94.2 Å². The second-order valence-electron chi connectivity index (χ2n) is 4.25. The van der Waals surface area contributed by atoms with Crippen LogP contribution in [0.3, 0.4) is 0 Å². The van der Waals surface area contributed by atoms with Crippen LogP contribution < -0.4 is 10.1 Å². The maximum Gasteiger partial charge on any atom is 0.126 e. The number of rotatable bonds is 3. The molecule has 0 radical (unpaired) electrons. The molecule has 0 aliphatic carbocycles. The lowest BCUT2D eigenvalue weighted by molar-refractivity contribution is -0.0231. The van der Waals surface area contributed by atoms with E-state index in [1.165, 1.54) is 12.1 Å². The topological polar surface area (TPSA) is 41.5 Å². The van der Waals surface area contributed by atoms with Crippen LogP contribution in [0.1, 0.15) is 12.8 Å². The molecule has 1 aliphatic heterocycles. The van der Waals surface area contributed by atoms with Crippen molar-refractivity contribution in [1.82, 2.24) is 5.32 Å². The van der Waals surface area contributed by atoms with Crippen molar-refractivity contribution >= 4 is 0 Å². The van der Waals surface area contributed by atoms with Crippen LogP contribution in [0.4, 0.5) is 4.39 Å². The summed E-state index contributed by atoms with van der Waals surface area (Å²) in [6.45, 7) is 1.66. The quantitative estimate of drug-likeness (QED) is 0.815. The summed E-state index contributed by atoms with van der Waals surface area (Å²) in [7, 11) is 0. The van der Waals surface area contributed by atoms with Crippen molar-refractivity contribution in [2.24, 2.45) is 0 Å². The summed E-state index contributed by atoms with van der Waals surface area (Å²) in [6.07, 6.45) is 1.65. The largest absolute Gasteiger partial charge is 0.490 e. The summed E-state index contributed by atoms with van der Waals surface area (Å²) in [5.41, 5.74) is -0.829. The van der Waals surface area contributed by atoms with Gasteiger partial charge in [0.1, 0.15) is 23.8 Å². The molecule has 1 heterocycles. The number of aliphatic hydroxyl groups is 1. The van der Waals surface area contributed by atoms with E-state index in [2.05, 4.69) is 5.32 Å². The van der Waals surface area contributed by atoms with Gasteiger partial charge in [-0.25, -0.2) is 4.39 Å².